The van der Waals surface area contributed by atoms with E-state index in [4.69, 9.17) is 9.47 Å². The highest BCUT2D eigenvalue weighted by Crippen LogP contribution is 2.31. The van der Waals surface area contributed by atoms with Gasteiger partial charge in [0.15, 0.2) is 0 Å². The average molecular weight is 565 g/mol. The molecule has 1 saturated carbocycles. The van der Waals surface area contributed by atoms with Crippen molar-refractivity contribution in [2.45, 2.75) is 182 Å². The Kier molecular flexibility index (Phi) is 23.7. The highest BCUT2D eigenvalue weighted by Gasteiger charge is 2.32. The molecule has 1 aliphatic rings. The third-order valence-electron chi connectivity index (χ3n) is 8.68. The Hall–Kier alpha value is -1.06. The predicted molar refractivity (Wildman–Crippen MR) is 169 cm³/mol. The van der Waals surface area contributed by atoms with E-state index >= 15 is 0 Å². The Labute approximate surface area is 249 Å². The summed E-state index contributed by atoms with van der Waals surface area (Å²) in [6.45, 7) is 10.3. The Balaban J connectivity index is 1.97. The molecule has 40 heavy (non-hydrogen) atoms. The van der Waals surface area contributed by atoms with Crippen molar-refractivity contribution >= 4 is 11.9 Å². The lowest BCUT2D eigenvalue weighted by Gasteiger charge is -2.26. The molecule has 0 radical (unpaired) electrons. The third kappa shape index (κ3) is 21.7. The molecule has 1 aliphatic carbocycles. The Morgan fingerprint density at radius 3 is 1.12 bits per heavy atom. The van der Waals surface area contributed by atoms with Crippen LogP contribution in [0.4, 0.5) is 0 Å². The molecule has 0 heterocycles. The minimum absolute atomic E-state index is 0.0983. The Morgan fingerprint density at radius 1 is 0.500 bits per heavy atom. The van der Waals surface area contributed by atoms with E-state index in [0.717, 1.165) is 56.8 Å². The van der Waals surface area contributed by atoms with Crippen LogP contribution in [0.15, 0.2) is 0 Å². The van der Waals surface area contributed by atoms with Gasteiger partial charge in [-0.25, -0.2) is 0 Å². The molecule has 0 aliphatic heterocycles. The van der Waals surface area contributed by atoms with E-state index in [1.54, 1.807) is 0 Å². The number of rotatable bonds is 26. The molecule has 4 heteroatoms. The largest absolute Gasteiger partial charge is 0.465 e. The standard InChI is InChI=1S/C36H68O4/c1-31(2)24-19-15-11-7-5-9-13-17-21-28-39-35(37)33-26-23-27-34(30-33)36(38)40-29-22-18-14-10-6-8-12-16-20-25-32(3)4/h31-34H,5-30H2,1-4H3. The second-order valence-corrected chi connectivity index (χ2v) is 13.6. The maximum atomic E-state index is 12.6. The molecule has 1 rings (SSSR count). The molecule has 0 spiro atoms. The van der Waals surface area contributed by atoms with Gasteiger partial charge in [0.25, 0.3) is 0 Å². The molecule has 0 aromatic rings. The van der Waals surface area contributed by atoms with Gasteiger partial charge in [-0.2, -0.15) is 0 Å². The van der Waals surface area contributed by atoms with E-state index in [9.17, 15) is 9.59 Å². The van der Waals surface area contributed by atoms with E-state index in [1.165, 1.54) is 103 Å². The lowest BCUT2D eigenvalue weighted by Crippen LogP contribution is -2.30. The molecule has 236 valence electrons. The number of carbonyl (C=O) groups is 2. The predicted octanol–water partition coefficient (Wildman–Crippen LogP) is 11.0. The number of esters is 2. The molecule has 2 atom stereocenters. The van der Waals surface area contributed by atoms with Gasteiger partial charge in [-0.1, -0.05) is 150 Å². The summed E-state index contributed by atoms with van der Waals surface area (Å²) in [6.07, 6.45) is 28.8. The maximum Gasteiger partial charge on any atom is 0.308 e. The minimum atomic E-state index is -0.132. The van der Waals surface area contributed by atoms with Crippen LogP contribution in [0, 0.1) is 23.7 Å². The molecule has 0 aromatic carbocycles. The fraction of sp³-hybridized carbons (Fsp3) is 0.944. The summed E-state index contributed by atoms with van der Waals surface area (Å²) in [5, 5.41) is 0. The molecule has 4 nitrogen and oxygen atoms in total. The lowest BCUT2D eigenvalue weighted by atomic mass is 9.81. The maximum absolute atomic E-state index is 12.6. The van der Waals surface area contributed by atoms with Crippen LogP contribution in [0.2, 0.25) is 0 Å². The first kappa shape index (κ1) is 37.0. The molecule has 2 unspecified atom stereocenters. The van der Waals surface area contributed by atoms with Crippen LogP contribution >= 0.6 is 0 Å². The zero-order valence-corrected chi connectivity index (χ0v) is 27.3. The monoisotopic (exact) mass is 565 g/mol. The Morgan fingerprint density at radius 2 is 0.800 bits per heavy atom. The van der Waals surface area contributed by atoms with Crippen molar-refractivity contribution in [3.8, 4) is 0 Å². The van der Waals surface area contributed by atoms with Crippen molar-refractivity contribution in [1.29, 1.82) is 0 Å². The van der Waals surface area contributed by atoms with Crippen LogP contribution in [0.25, 0.3) is 0 Å². The number of ether oxygens (including phenoxy) is 2. The van der Waals surface area contributed by atoms with Gasteiger partial charge in [0.1, 0.15) is 0 Å². The van der Waals surface area contributed by atoms with Gasteiger partial charge >= 0.3 is 11.9 Å². The SMILES string of the molecule is CC(C)CCCCCCCCCCCOC(=O)C1CCCC(C(=O)OCCCCCCCCCCCC(C)C)C1. The summed E-state index contributed by atoms with van der Waals surface area (Å²) in [5.74, 6) is 1.21. The van der Waals surface area contributed by atoms with Crippen molar-refractivity contribution in [3.05, 3.63) is 0 Å². The summed E-state index contributed by atoms with van der Waals surface area (Å²) >= 11 is 0. The topological polar surface area (TPSA) is 52.6 Å². The number of hydrogen-bond donors (Lipinski definition) is 0. The number of hydrogen-bond acceptors (Lipinski definition) is 4. The summed E-state index contributed by atoms with van der Waals surface area (Å²) < 4.78 is 11.2. The van der Waals surface area contributed by atoms with Crippen LogP contribution in [-0.2, 0) is 19.1 Å². The lowest BCUT2D eigenvalue weighted by molar-refractivity contribution is -0.155. The van der Waals surface area contributed by atoms with E-state index in [-0.39, 0.29) is 23.8 Å². The first-order chi connectivity index (χ1) is 19.4. The Bertz CT molecular complexity index is 550. The zero-order valence-electron chi connectivity index (χ0n) is 27.3. The van der Waals surface area contributed by atoms with Crippen molar-refractivity contribution in [3.63, 3.8) is 0 Å². The molecular weight excluding hydrogens is 496 g/mol. The second kappa shape index (κ2) is 25.6. The normalized spacial score (nSPS) is 17.4. The molecule has 0 aromatic heterocycles. The van der Waals surface area contributed by atoms with Gasteiger partial charge in [0.05, 0.1) is 25.0 Å². The third-order valence-corrected chi connectivity index (χ3v) is 8.68. The summed E-state index contributed by atoms with van der Waals surface area (Å²) in [5.41, 5.74) is 0. The molecule has 0 N–H and O–H groups in total. The van der Waals surface area contributed by atoms with Crippen LogP contribution in [0.5, 0.6) is 0 Å². The summed E-state index contributed by atoms with van der Waals surface area (Å²) in [7, 11) is 0. The van der Waals surface area contributed by atoms with Crippen LogP contribution < -0.4 is 0 Å². The highest BCUT2D eigenvalue weighted by atomic mass is 16.5. The molecule has 1 fully saturated rings. The van der Waals surface area contributed by atoms with Crippen LogP contribution in [0.1, 0.15) is 182 Å². The number of carbonyl (C=O) groups excluding carboxylic acids is 2. The highest BCUT2D eigenvalue weighted by molar-refractivity contribution is 5.76. The number of unbranched alkanes of at least 4 members (excludes halogenated alkanes) is 16. The van der Waals surface area contributed by atoms with Crippen LogP contribution in [-0.4, -0.2) is 25.2 Å². The molecular formula is C36H68O4. The fourth-order valence-corrected chi connectivity index (χ4v) is 5.98. The van der Waals surface area contributed by atoms with Crippen LogP contribution in [0.3, 0.4) is 0 Å². The first-order valence-electron chi connectivity index (χ1n) is 17.7. The minimum Gasteiger partial charge on any atom is -0.465 e. The van der Waals surface area contributed by atoms with Gasteiger partial charge in [0, 0.05) is 0 Å². The smallest absolute Gasteiger partial charge is 0.308 e. The second-order valence-electron chi connectivity index (χ2n) is 13.6. The molecule has 0 bridgehead atoms. The van der Waals surface area contributed by atoms with Crippen molar-refractivity contribution in [2.24, 2.45) is 23.7 Å². The van der Waals surface area contributed by atoms with E-state index < -0.39 is 0 Å². The molecule has 0 amide bonds. The van der Waals surface area contributed by atoms with Gasteiger partial charge in [-0.15, -0.1) is 0 Å². The van der Waals surface area contributed by atoms with Crippen molar-refractivity contribution in [2.75, 3.05) is 13.2 Å². The van der Waals surface area contributed by atoms with Gasteiger partial charge in [-0.3, -0.25) is 9.59 Å². The first-order valence-corrected chi connectivity index (χ1v) is 17.7. The summed E-state index contributed by atoms with van der Waals surface area (Å²) in [4.78, 5) is 25.2. The summed E-state index contributed by atoms with van der Waals surface area (Å²) in [6, 6.07) is 0. The van der Waals surface area contributed by atoms with Gasteiger partial charge in [0.2, 0.25) is 0 Å². The van der Waals surface area contributed by atoms with E-state index in [1.807, 2.05) is 0 Å². The van der Waals surface area contributed by atoms with E-state index in [0.29, 0.717) is 19.6 Å². The van der Waals surface area contributed by atoms with Gasteiger partial charge in [-0.05, 0) is 43.9 Å². The molecule has 0 saturated heterocycles. The fourth-order valence-electron chi connectivity index (χ4n) is 5.98. The van der Waals surface area contributed by atoms with E-state index in [2.05, 4.69) is 27.7 Å². The zero-order chi connectivity index (χ0) is 29.3. The van der Waals surface area contributed by atoms with Crippen molar-refractivity contribution < 1.29 is 19.1 Å². The van der Waals surface area contributed by atoms with Crippen molar-refractivity contribution in [1.82, 2.24) is 0 Å². The van der Waals surface area contributed by atoms with Gasteiger partial charge < -0.3 is 9.47 Å². The average Bonchev–Trinajstić information content (AvgIpc) is 2.93. The quantitative estimate of drug-likeness (QED) is 0.0774.